The molecule has 0 heterocycles. The van der Waals surface area contributed by atoms with Crippen LogP contribution in [0.2, 0.25) is 5.02 Å². The van der Waals surface area contributed by atoms with E-state index in [9.17, 15) is 8.42 Å². The summed E-state index contributed by atoms with van der Waals surface area (Å²) in [6.45, 7) is 0. The molecule has 3 nitrogen and oxygen atoms in total. The van der Waals surface area contributed by atoms with Crippen LogP contribution in [0.1, 0.15) is 0 Å². The smallest absolute Gasteiger partial charge is 0.261 e. The molecule has 19 heavy (non-hydrogen) atoms. The first-order valence-corrected chi connectivity index (χ1v) is 8.80. The average Bonchev–Trinajstić information content (AvgIpc) is 2.30. The summed E-state index contributed by atoms with van der Waals surface area (Å²) in [4.78, 5) is -0.0610. The van der Waals surface area contributed by atoms with E-state index < -0.39 is 9.05 Å². The molecule has 0 atom stereocenters. The van der Waals surface area contributed by atoms with Crippen LogP contribution in [-0.4, -0.2) is 8.42 Å². The molecule has 2 rings (SSSR count). The van der Waals surface area contributed by atoms with Gasteiger partial charge in [0.05, 0.1) is 9.92 Å². The van der Waals surface area contributed by atoms with Crippen LogP contribution in [0.15, 0.2) is 47.4 Å². The molecular formula is C12H7Cl2IO3S. The van der Waals surface area contributed by atoms with Crippen LogP contribution in [0.3, 0.4) is 0 Å². The second-order valence-corrected chi connectivity index (χ2v) is 7.81. The van der Waals surface area contributed by atoms with Crippen LogP contribution in [0.25, 0.3) is 0 Å². The molecule has 0 aromatic heterocycles. The molecule has 0 aliphatic rings. The summed E-state index contributed by atoms with van der Waals surface area (Å²) in [7, 11) is 1.44. The first-order valence-electron chi connectivity index (χ1n) is 5.04. The Morgan fingerprint density at radius 3 is 2.42 bits per heavy atom. The van der Waals surface area contributed by atoms with E-state index in [2.05, 4.69) is 22.6 Å². The van der Waals surface area contributed by atoms with Gasteiger partial charge in [-0.15, -0.1) is 0 Å². The lowest BCUT2D eigenvalue weighted by Crippen LogP contribution is -1.92. The van der Waals surface area contributed by atoms with E-state index in [1.807, 2.05) is 18.2 Å². The molecule has 2 aromatic carbocycles. The Kier molecular flexibility index (Phi) is 4.60. The molecule has 0 saturated carbocycles. The molecule has 2 aromatic rings. The number of rotatable bonds is 3. The SMILES string of the molecule is O=S(=O)(Cl)c1ccc(Oc2cccc(I)c2)c(Cl)c1. The van der Waals surface area contributed by atoms with Crippen molar-refractivity contribution < 1.29 is 13.2 Å². The normalized spacial score (nSPS) is 11.3. The highest BCUT2D eigenvalue weighted by Crippen LogP contribution is 2.32. The van der Waals surface area contributed by atoms with Crippen molar-refractivity contribution in [2.45, 2.75) is 4.90 Å². The summed E-state index contributed by atoms with van der Waals surface area (Å²) in [6, 6.07) is 11.5. The van der Waals surface area contributed by atoms with Gasteiger partial charge in [0.1, 0.15) is 11.5 Å². The van der Waals surface area contributed by atoms with Gasteiger partial charge >= 0.3 is 0 Å². The van der Waals surface area contributed by atoms with E-state index in [0.29, 0.717) is 11.5 Å². The molecule has 0 bridgehead atoms. The minimum Gasteiger partial charge on any atom is -0.456 e. The van der Waals surface area contributed by atoms with Crippen molar-refractivity contribution >= 4 is 53.9 Å². The zero-order valence-corrected chi connectivity index (χ0v) is 13.8. The Bertz CT molecular complexity index is 717. The van der Waals surface area contributed by atoms with Crippen molar-refractivity contribution in [2.75, 3.05) is 0 Å². The van der Waals surface area contributed by atoms with Gasteiger partial charge in [-0.25, -0.2) is 8.42 Å². The molecule has 0 amide bonds. The fourth-order valence-electron chi connectivity index (χ4n) is 1.37. The minimum absolute atomic E-state index is 0.0610. The third-order valence-corrected chi connectivity index (χ3v) is 4.53. The summed E-state index contributed by atoms with van der Waals surface area (Å²) in [6.07, 6.45) is 0. The lowest BCUT2D eigenvalue weighted by molar-refractivity contribution is 0.482. The third-order valence-electron chi connectivity index (χ3n) is 2.21. The fraction of sp³-hybridized carbons (Fsp3) is 0. The number of benzene rings is 2. The van der Waals surface area contributed by atoms with Gasteiger partial charge < -0.3 is 4.74 Å². The number of hydrogen-bond acceptors (Lipinski definition) is 3. The topological polar surface area (TPSA) is 43.4 Å². The van der Waals surface area contributed by atoms with Crippen LogP contribution < -0.4 is 4.74 Å². The van der Waals surface area contributed by atoms with Gasteiger partial charge in [-0.3, -0.25) is 0 Å². The Labute approximate surface area is 134 Å². The molecule has 0 saturated heterocycles. The van der Waals surface area contributed by atoms with Crippen molar-refractivity contribution in [1.82, 2.24) is 0 Å². The molecule has 0 spiro atoms. The molecule has 100 valence electrons. The van der Waals surface area contributed by atoms with Crippen molar-refractivity contribution in [3.63, 3.8) is 0 Å². The lowest BCUT2D eigenvalue weighted by atomic mass is 10.3. The minimum atomic E-state index is -3.79. The third kappa shape index (κ3) is 3.98. The van der Waals surface area contributed by atoms with Crippen molar-refractivity contribution in [3.05, 3.63) is 51.1 Å². The molecule has 0 N–H and O–H groups in total. The number of hydrogen-bond donors (Lipinski definition) is 0. The Morgan fingerprint density at radius 2 is 1.84 bits per heavy atom. The Morgan fingerprint density at radius 1 is 1.11 bits per heavy atom. The first-order chi connectivity index (χ1) is 8.86. The first kappa shape index (κ1) is 14.9. The number of ether oxygens (including phenoxy) is 1. The largest absolute Gasteiger partial charge is 0.456 e. The van der Waals surface area contributed by atoms with Crippen molar-refractivity contribution in [2.24, 2.45) is 0 Å². The van der Waals surface area contributed by atoms with Crippen LogP contribution in [0, 0.1) is 3.57 Å². The Hall–Kier alpha value is -0.500. The van der Waals surface area contributed by atoms with E-state index in [-0.39, 0.29) is 9.92 Å². The standard InChI is InChI=1S/C12H7Cl2IO3S/c13-11-7-10(19(14,16)17)4-5-12(11)18-9-3-1-2-8(15)6-9/h1-7H. The van der Waals surface area contributed by atoms with Gasteiger partial charge in [-0.2, -0.15) is 0 Å². The second-order valence-electron chi connectivity index (χ2n) is 3.59. The highest BCUT2D eigenvalue weighted by molar-refractivity contribution is 14.1. The van der Waals surface area contributed by atoms with Crippen molar-refractivity contribution in [1.29, 1.82) is 0 Å². The maximum Gasteiger partial charge on any atom is 0.261 e. The van der Waals surface area contributed by atoms with E-state index in [1.54, 1.807) is 6.07 Å². The van der Waals surface area contributed by atoms with Gasteiger partial charge in [0.25, 0.3) is 9.05 Å². The van der Waals surface area contributed by atoms with Gasteiger partial charge in [-0.05, 0) is 59.0 Å². The molecular weight excluding hydrogens is 422 g/mol. The summed E-state index contributed by atoms with van der Waals surface area (Å²) in [5.41, 5.74) is 0. The quantitative estimate of drug-likeness (QED) is 0.527. The maximum atomic E-state index is 11.2. The van der Waals surface area contributed by atoms with Crippen LogP contribution in [0.4, 0.5) is 0 Å². The maximum absolute atomic E-state index is 11.2. The lowest BCUT2D eigenvalue weighted by Gasteiger charge is -2.08. The predicted molar refractivity (Wildman–Crippen MR) is 83.7 cm³/mol. The summed E-state index contributed by atoms with van der Waals surface area (Å²) >= 11 is 8.14. The van der Waals surface area contributed by atoms with E-state index in [1.165, 1.54) is 18.2 Å². The molecule has 0 radical (unpaired) electrons. The summed E-state index contributed by atoms with van der Waals surface area (Å²) < 4.78 is 28.9. The van der Waals surface area contributed by atoms with Crippen LogP contribution >= 0.6 is 44.9 Å². The average molecular weight is 429 g/mol. The zero-order chi connectivity index (χ0) is 14.0. The highest BCUT2D eigenvalue weighted by Gasteiger charge is 2.13. The van der Waals surface area contributed by atoms with E-state index >= 15 is 0 Å². The molecule has 0 aliphatic carbocycles. The van der Waals surface area contributed by atoms with E-state index in [4.69, 9.17) is 27.0 Å². The monoisotopic (exact) mass is 428 g/mol. The van der Waals surface area contributed by atoms with Crippen molar-refractivity contribution in [3.8, 4) is 11.5 Å². The summed E-state index contributed by atoms with van der Waals surface area (Å²) in [5, 5.41) is 0.181. The number of halogens is 3. The van der Waals surface area contributed by atoms with Gasteiger partial charge in [0.15, 0.2) is 0 Å². The molecule has 0 aliphatic heterocycles. The molecule has 0 fully saturated rings. The zero-order valence-electron chi connectivity index (χ0n) is 9.31. The van der Waals surface area contributed by atoms with Gasteiger partial charge in [-0.1, -0.05) is 17.7 Å². The molecule has 7 heteroatoms. The summed E-state index contributed by atoms with van der Waals surface area (Å²) in [5.74, 6) is 0.989. The fourth-order valence-corrected chi connectivity index (χ4v) is 2.95. The predicted octanol–water partition coefficient (Wildman–Crippen LogP) is 4.66. The second kappa shape index (κ2) is 5.87. The Balaban J connectivity index is 2.32. The van der Waals surface area contributed by atoms with E-state index in [0.717, 1.165) is 3.57 Å². The van der Waals surface area contributed by atoms with Crippen LogP contribution in [-0.2, 0) is 9.05 Å². The highest BCUT2D eigenvalue weighted by atomic mass is 127. The van der Waals surface area contributed by atoms with Crippen LogP contribution in [0.5, 0.6) is 11.5 Å². The molecule has 0 unspecified atom stereocenters. The van der Waals surface area contributed by atoms with Gasteiger partial charge in [0, 0.05) is 14.3 Å². The van der Waals surface area contributed by atoms with Gasteiger partial charge in [0.2, 0.25) is 0 Å².